The van der Waals surface area contributed by atoms with E-state index in [-0.39, 0.29) is 6.04 Å². The van der Waals surface area contributed by atoms with Crippen molar-refractivity contribution in [2.45, 2.75) is 12.5 Å². The lowest BCUT2D eigenvalue weighted by Crippen LogP contribution is -2.27. The molecule has 1 unspecified atom stereocenters. The van der Waals surface area contributed by atoms with Gasteiger partial charge in [0.25, 0.3) is 0 Å². The number of phenolic OH excluding ortho intramolecular Hbond substituents is 1. The summed E-state index contributed by atoms with van der Waals surface area (Å²) in [6.45, 7) is 0.881. The maximum Gasteiger partial charge on any atom is 0.157 e. The minimum atomic E-state index is 0.132. The Balaban J connectivity index is 1.79. The van der Waals surface area contributed by atoms with Gasteiger partial charge in [0.15, 0.2) is 5.17 Å². The first-order valence-electron chi connectivity index (χ1n) is 6.93. The number of aromatic nitrogens is 1. The Kier molecular flexibility index (Phi) is 4.40. The SMILES string of the molecule is Oc1ccc(CC(NC2=NCCS2)c2cccnc2)cc1. The molecule has 2 aromatic rings. The molecule has 1 aromatic heterocycles. The molecule has 0 saturated carbocycles. The molecule has 1 aromatic carbocycles. The quantitative estimate of drug-likeness (QED) is 0.911. The molecule has 2 N–H and O–H groups in total. The average Bonchev–Trinajstić information content (AvgIpc) is 3.03. The van der Waals surface area contributed by atoms with Crippen LogP contribution >= 0.6 is 11.8 Å². The molecule has 21 heavy (non-hydrogen) atoms. The predicted molar refractivity (Wildman–Crippen MR) is 86.7 cm³/mol. The van der Waals surface area contributed by atoms with E-state index >= 15 is 0 Å². The third kappa shape index (κ3) is 3.76. The number of benzene rings is 1. The highest BCUT2D eigenvalue weighted by Gasteiger charge is 2.16. The molecule has 108 valence electrons. The molecular weight excluding hydrogens is 282 g/mol. The molecule has 0 radical (unpaired) electrons. The van der Waals surface area contributed by atoms with Crippen LogP contribution in [-0.4, -0.2) is 27.6 Å². The van der Waals surface area contributed by atoms with Crippen LogP contribution in [0.25, 0.3) is 0 Å². The van der Waals surface area contributed by atoms with E-state index in [1.54, 1.807) is 30.1 Å². The number of amidine groups is 1. The van der Waals surface area contributed by atoms with Gasteiger partial charge in [-0.2, -0.15) is 0 Å². The van der Waals surface area contributed by atoms with Crippen LogP contribution in [0.15, 0.2) is 53.8 Å². The van der Waals surface area contributed by atoms with Crippen LogP contribution < -0.4 is 5.32 Å². The van der Waals surface area contributed by atoms with Gasteiger partial charge >= 0.3 is 0 Å². The van der Waals surface area contributed by atoms with E-state index < -0.39 is 0 Å². The molecular formula is C16H17N3OS. The minimum Gasteiger partial charge on any atom is -0.508 e. The van der Waals surface area contributed by atoms with E-state index in [9.17, 15) is 5.11 Å². The van der Waals surface area contributed by atoms with Crippen molar-refractivity contribution in [1.82, 2.24) is 10.3 Å². The highest BCUT2D eigenvalue weighted by molar-refractivity contribution is 8.14. The minimum absolute atomic E-state index is 0.132. The molecule has 1 aliphatic rings. The fraction of sp³-hybridized carbons (Fsp3) is 0.250. The summed E-state index contributed by atoms with van der Waals surface area (Å²) in [6.07, 6.45) is 4.49. The zero-order chi connectivity index (χ0) is 14.5. The smallest absolute Gasteiger partial charge is 0.157 e. The topological polar surface area (TPSA) is 57.5 Å². The van der Waals surface area contributed by atoms with Gasteiger partial charge in [0.2, 0.25) is 0 Å². The fourth-order valence-corrected chi connectivity index (χ4v) is 3.06. The van der Waals surface area contributed by atoms with Gasteiger partial charge in [0.1, 0.15) is 5.75 Å². The van der Waals surface area contributed by atoms with Gasteiger partial charge in [-0.05, 0) is 35.7 Å². The number of pyridine rings is 1. The van der Waals surface area contributed by atoms with Gasteiger partial charge in [0, 0.05) is 18.1 Å². The Morgan fingerprint density at radius 3 is 2.76 bits per heavy atom. The number of nitrogens with zero attached hydrogens (tertiary/aromatic N) is 2. The van der Waals surface area contributed by atoms with Crippen LogP contribution in [0.4, 0.5) is 0 Å². The molecule has 0 saturated heterocycles. The molecule has 0 fully saturated rings. The summed E-state index contributed by atoms with van der Waals surface area (Å²) >= 11 is 1.76. The number of rotatable bonds is 4. The molecule has 2 heterocycles. The Labute approximate surface area is 128 Å². The maximum atomic E-state index is 9.39. The lowest BCUT2D eigenvalue weighted by molar-refractivity contribution is 0.475. The van der Waals surface area contributed by atoms with E-state index in [2.05, 4.69) is 21.4 Å². The zero-order valence-electron chi connectivity index (χ0n) is 11.6. The molecule has 0 aliphatic carbocycles. The maximum absolute atomic E-state index is 9.39. The number of hydrogen-bond donors (Lipinski definition) is 2. The first-order chi connectivity index (χ1) is 10.3. The molecule has 0 amide bonds. The second-order valence-corrected chi connectivity index (χ2v) is 5.97. The molecule has 1 atom stereocenters. The Bertz CT molecular complexity index is 613. The van der Waals surface area contributed by atoms with Gasteiger partial charge in [-0.1, -0.05) is 30.0 Å². The van der Waals surface area contributed by atoms with Crippen LogP contribution in [-0.2, 0) is 6.42 Å². The van der Waals surface area contributed by atoms with Crippen LogP contribution in [0.5, 0.6) is 5.75 Å². The van der Waals surface area contributed by atoms with Crippen molar-refractivity contribution in [3.8, 4) is 5.75 Å². The second-order valence-electron chi connectivity index (χ2n) is 4.89. The normalized spacial score (nSPS) is 15.5. The average molecular weight is 299 g/mol. The van der Waals surface area contributed by atoms with Crippen molar-refractivity contribution in [3.05, 3.63) is 59.9 Å². The van der Waals surface area contributed by atoms with E-state index in [1.165, 1.54) is 0 Å². The number of aliphatic imine (C=N–C) groups is 1. The van der Waals surface area contributed by atoms with Crippen molar-refractivity contribution >= 4 is 16.9 Å². The molecule has 3 rings (SSSR count). The monoisotopic (exact) mass is 299 g/mol. The summed E-state index contributed by atoms with van der Waals surface area (Å²) in [7, 11) is 0. The molecule has 0 spiro atoms. The van der Waals surface area contributed by atoms with Gasteiger partial charge in [-0.3, -0.25) is 9.98 Å². The predicted octanol–water partition coefficient (Wildman–Crippen LogP) is 2.76. The van der Waals surface area contributed by atoms with Crippen molar-refractivity contribution in [2.75, 3.05) is 12.3 Å². The highest BCUT2D eigenvalue weighted by Crippen LogP contribution is 2.22. The molecule has 4 nitrogen and oxygen atoms in total. The van der Waals surface area contributed by atoms with Crippen molar-refractivity contribution in [2.24, 2.45) is 4.99 Å². The van der Waals surface area contributed by atoms with Gasteiger partial charge in [0.05, 0.1) is 12.6 Å². The van der Waals surface area contributed by atoms with Gasteiger partial charge in [-0.25, -0.2) is 0 Å². The zero-order valence-corrected chi connectivity index (χ0v) is 12.4. The van der Waals surface area contributed by atoms with Crippen molar-refractivity contribution in [3.63, 3.8) is 0 Å². The number of aromatic hydroxyl groups is 1. The second kappa shape index (κ2) is 6.63. The van der Waals surface area contributed by atoms with Gasteiger partial charge in [-0.15, -0.1) is 0 Å². The first-order valence-corrected chi connectivity index (χ1v) is 7.91. The Hall–Kier alpha value is -2.01. The van der Waals surface area contributed by atoms with E-state index in [4.69, 9.17) is 0 Å². The Morgan fingerprint density at radius 1 is 1.24 bits per heavy atom. The Morgan fingerprint density at radius 2 is 2.10 bits per heavy atom. The van der Waals surface area contributed by atoms with Crippen molar-refractivity contribution in [1.29, 1.82) is 0 Å². The third-order valence-electron chi connectivity index (χ3n) is 3.35. The lowest BCUT2D eigenvalue weighted by atomic mass is 10.0. The van der Waals surface area contributed by atoms with Crippen LogP contribution in [0.1, 0.15) is 17.2 Å². The first kappa shape index (κ1) is 13.9. The highest BCUT2D eigenvalue weighted by atomic mass is 32.2. The number of nitrogens with one attached hydrogen (secondary N) is 1. The van der Waals surface area contributed by atoms with Gasteiger partial charge < -0.3 is 10.4 Å². The largest absolute Gasteiger partial charge is 0.508 e. The van der Waals surface area contributed by atoms with E-state index in [1.807, 2.05) is 24.4 Å². The summed E-state index contributed by atoms with van der Waals surface area (Å²) in [4.78, 5) is 8.67. The van der Waals surface area contributed by atoms with Crippen molar-refractivity contribution < 1.29 is 5.11 Å². The number of hydrogen-bond acceptors (Lipinski definition) is 5. The standard InChI is InChI=1S/C16H17N3OS/c20-14-5-3-12(4-6-14)10-15(13-2-1-7-17-11-13)19-16-18-8-9-21-16/h1-7,11,15,20H,8-10H2,(H,18,19). The summed E-state index contributed by atoms with van der Waals surface area (Å²) < 4.78 is 0. The van der Waals surface area contributed by atoms with E-state index in [0.717, 1.165) is 35.0 Å². The molecule has 1 aliphatic heterocycles. The fourth-order valence-electron chi connectivity index (χ4n) is 2.27. The summed E-state index contributed by atoms with van der Waals surface area (Å²) in [5.74, 6) is 1.33. The third-order valence-corrected chi connectivity index (χ3v) is 4.25. The molecule has 5 heteroatoms. The van der Waals surface area contributed by atoms with E-state index in [0.29, 0.717) is 5.75 Å². The van der Waals surface area contributed by atoms with Crippen LogP contribution in [0, 0.1) is 0 Å². The summed E-state index contributed by atoms with van der Waals surface area (Å²) in [6, 6.07) is 11.5. The summed E-state index contributed by atoms with van der Waals surface area (Å²) in [5.41, 5.74) is 2.30. The van der Waals surface area contributed by atoms with Crippen LogP contribution in [0.2, 0.25) is 0 Å². The summed E-state index contributed by atoms with van der Waals surface area (Å²) in [5, 5.41) is 13.9. The lowest BCUT2D eigenvalue weighted by Gasteiger charge is -2.19. The van der Waals surface area contributed by atoms with Crippen LogP contribution in [0.3, 0.4) is 0 Å². The number of thioether (sulfide) groups is 1. The number of phenols is 1. The molecule has 0 bridgehead atoms.